The molecule has 11 aromatic rings. The Bertz CT molecular complexity index is 3110. The van der Waals surface area contributed by atoms with Crippen LogP contribution < -0.4 is 0 Å². The van der Waals surface area contributed by atoms with Crippen molar-refractivity contribution in [3.8, 4) is 28.3 Å². The molecule has 0 spiro atoms. The van der Waals surface area contributed by atoms with Crippen molar-refractivity contribution in [3.63, 3.8) is 0 Å². The van der Waals surface area contributed by atoms with Crippen molar-refractivity contribution in [3.05, 3.63) is 152 Å². The molecule has 0 saturated carbocycles. The molecular formula is C44H25N3O2. The second-order valence-corrected chi connectivity index (χ2v) is 12.6. The number of furan rings is 2. The molecule has 0 aliphatic heterocycles. The van der Waals surface area contributed by atoms with E-state index in [1.165, 1.54) is 21.5 Å². The Morgan fingerprint density at radius 2 is 1.14 bits per heavy atom. The molecule has 5 nitrogen and oxygen atoms in total. The first kappa shape index (κ1) is 26.4. The lowest BCUT2D eigenvalue weighted by Gasteiger charge is -2.12. The normalized spacial score (nSPS) is 12.1. The van der Waals surface area contributed by atoms with Gasteiger partial charge in [0.15, 0.2) is 11.4 Å². The van der Waals surface area contributed by atoms with Crippen molar-refractivity contribution in [1.82, 2.24) is 14.5 Å². The Balaban J connectivity index is 1.29. The summed E-state index contributed by atoms with van der Waals surface area (Å²) in [6, 6.07) is 52.6. The van der Waals surface area contributed by atoms with Gasteiger partial charge in [0, 0.05) is 44.1 Å². The summed E-state index contributed by atoms with van der Waals surface area (Å²) in [5.41, 5.74) is 9.69. The van der Waals surface area contributed by atoms with Gasteiger partial charge in [-0.3, -0.25) is 0 Å². The molecule has 0 fully saturated rings. The number of benzene rings is 7. The summed E-state index contributed by atoms with van der Waals surface area (Å²) in [6.45, 7) is 0. The summed E-state index contributed by atoms with van der Waals surface area (Å²) in [5, 5.41) is 7.77. The molecule has 4 heterocycles. The van der Waals surface area contributed by atoms with Gasteiger partial charge in [-0.1, -0.05) is 103 Å². The molecule has 0 aliphatic rings. The van der Waals surface area contributed by atoms with Crippen LogP contribution in [0, 0.1) is 0 Å². The van der Waals surface area contributed by atoms with Crippen LogP contribution in [0.3, 0.4) is 0 Å². The maximum Gasteiger partial charge on any atom is 0.180 e. The molecule has 0 amide bonds. The van der Waals surface area contributed by atoms with Gasteiger partial charge >= 0.3 is 0 Å². The van der Waals surface area contributed by atoms with Crippen LogP contribution in [0.4, 0.5) is 0 Å². The minimum atomic E-state index is 0.613. The van der Waals surface area contributed by atoms with Crippen LogP contribution in [0.25, 0.3) is 105 Å². The highest BCUT2D eigenvalue weighted by atomic mass is 16.3. The van der Waals surface area contributed by atoms with Crippen LogP contribution >= 0.6 is 0 Å². The smallest absolute Gasteiger partial charge is 0.180 e. The molecule has 0 N–H and O–H groups in total. The Morgan fingerprint density at radius 3 is 1.98 bits per heavy atom. The van der Waals surface area contributed by atoms with E-state index >= 15 is 0 Å². The van der Waals surface area contributed by atoms with E-state index in [-0.39, 0.29) is 0 Å². The predicted molar refractivity (Wildman–Crippen MR) is 199 cm³/mol. The van der Waals surface area contributed by atoms with E-state index < -0.39 is 0 Å². The first-order valence-corrected chi connectivity index (χ1v) is 16.4. The average molecular weight is 628 g/mol. The molecule has 0 radical (unpaired) electrons. The summed E-state index contributed by atoms with van der Waals surface area (Å²) in [5.74, 6) is 0.613. The molecule has 0 saturated heterocycles. The average Bonchev–Trinajstić information content (AvgIpc) is 3.83. The van der Waals surface area contributed by atoms with Gasteiger partial charge in [-0.15, -0.1) is 0 Å². The lowest BCUT2D eigenvalue weighted by Crippen LogP contribution is -1.98. The minimum Gasteiger partial charge on any atom is -0.456 e. The van der Waals surface area contributed by atoms with Crippen LogP contribution in [-0.4, -0.2) is 14.5 Å². The van der Waals surface area contributed by atoms with Crippen molar-refractivity contribution >= 4 is 76.6 Å². The van der Waals surface area contributed by atoms with Gasteiger partial charge in [-0.2, -0.15) is 0 Å². The van der Waals surface area contributed by atoms with Gasteiger partial charge in [0.25, 0.3) is 0 Å². The predicted octanol–water partition coefficient (Wildman–Crippen LogP) is 11.9. The number of fused-ring (bicyclic) bond motifs is 10. The first-order valence-electron chi connectivity index (χ1n) is 16.4. The van der Waals surface area contributed by atoms with E-state index in [0.717, 1.165) is 72.0 Å². The quantitative estimate of drug-likeness (QED) is 0.196. The topological polar surface area (TPSA) is 57.0 Å². The summed E-state index contributed by atoms with van der Waals surface area (Å²) in [4.78, 5) is 10.6. The standard InChI is InChI=1S/C44H25N3O2/c1-2-12-26(13-3-1)41-43-42(32-18-8-11-21-38(32)49-43)46-44(45-41)34-24-29(25-39-40(34)31-17-7-10-20-37(31)48-39)47-35-19-9-6-16-30(35)33-22-27-14-4-5-15-28(27)23-36(33)47/h1-25H. The summed E-state index contributed by atoms with van der Waals surface area (Å²) in [6.07, 6.45) is 0. The number of hydrogen-bond acceptors (Lipinski definition) is 4. The van der Waals surface area contributed by atoms with E-state index in [4.69, 9.17) is 18.8 Å². The zero-order chi connectivity index (χ0) is 32.1. The maximum atomic E-state index is 6.62. The Labute approximate surface area is 279 Å². The van der Waals surface area contributed by atoms with Gasteiger partial charge in [-0.25, -0.2) is 9.97 Å². The van der Waals surface area contributed by atoms with E-state index in [1.54, 1.807) is 0 Å². The fraction of sp³-hybridized carbons (Fsp3) is 0. The Hall–Kier alpha value is -6.72. The lowest BCUT2D eigenvalue weighted by molar-refractivity contribution is 0.667. The zero-order valence-corrected chi connectivity index (χ0v) is 26.1. The monoisotopic (exact) mass is 627 g/mol. The maximum absolute atomic E-state index is 6.62. The van der Waals surface area contributed by atoms with Gasteiger partial charge in [0.05, 0.1) is 16.7 Å². The van der Waals surface area contributed by atoms with Crippen molar-refractivity contribution in [2.24, 2.45) is 0 Å². The second kappa shape index (κ2) is 9.89. The number of aromatic nitrogens is 3. The lowest BCUT2D eigenvalue weighted by atomic mass is 10.0. The largest absolute Gasteiger partial charge is 0.456 e. The Morgan fingerprint density at radius 1 is 0.469 bits per heavy atom. The van der Waals surface area contributed by atoms with E-state index in [0.29, 0.717) is 11.4 Å². The molecule has 7 aromatic carbocycles. The molecule has 4 aromatic heterocycles. The first-order chi connectivity index (χ1) is 24.3. The van der Waals surface area contributed by atoms with E-state index in [9.17, 15) is 0 Å². The highest BCUT2D eigenvalue weighted by Crippen LogP contribution is 2.42. The van der Waals surface area contributed by atoms with Gasteiger partial charge in [-0.05, 0) is 53.2 Å². The third kappa shape index (κ3) is 3.81. The molecule has 0 aliphatic carbocycles. The van der Waals surface area contributed by atoms with Gasteiger partial charge < -0.3 is 13.4 Å². The third-order valence-electron chi connectivity index (χ3n) is 9.77. The molecule has 11 rings (SSSR count). The molecule has 0 atom stereocenters. The number of para-hydroxylation sites is 3. The highest BCUT2D eigenvalue weighted by Gasteiger charge is 2.23. The van der Waals surface area contributed by atoms with Gasteiger partial charge in [0.2, 0.25) is 0 Å². The SMILES string of the molecule is c1ccc(-c2nc(-c3cc(-n4c5ccccc5c5cc6ccccc6cc54)cc4oc5ccccc5c34)nc3c2oc2ccccc23)cc1. The second-order valence-electron chi connectivity index (χ2n) is 12.6. The van der Waals surface area contributed by atoms with Crippen molar-refractivity contribution < 1.29 is 8.83 Å². The summed E-state index contributed by atoms with van der Waals surface area (Å²) < 4.78 is 15.4. The summed E-state index contributed by atoms with van der Waals surface area (Å²) in [7, 11) is 0. The van der Waals surface area contributed by atoms with E-state index in [2.05, 4.69) is 108 Å². The third-order valence-corrected chi connectivity index (χ3v) is 9.77. The van der Waals surface area contributed by atoms with Crippen molar-refractivity contribution in [2.75, 3.05) is 0 Å². The van der Waals surface area contributed by atoms with Crippen molar-refractivity contribution in [2.45, 2.75) is 0 Å². The van der Waals surface area contributed by atoms with Crippen LogP contribution in [0.15, 0.2) is 160 Å². The molecular weight excluding hydrogens is 603 g/mol. The Kier molecular flexibility index (Phi) is 5.32. The molecule has 0 unspecified atom stereocenters. The van der Waals surface area contributed by atoms with Gasteiger partial charge in [0.1, 0.15) is 28.0 Å². The molecule has 5 heteroatoms. The number of nitrogens with zero attached hydrogens (tertiary/aromatic N) is 3. The fourth-order valence-electron chi connectivity index (χ4n) is 7.58. The van der Waals surface area contributed by atoms with Crippen LogP contribution in [-0.2, 0) is 0 Å². The summed E-state index contributed by atoms with van der Waals surface area (Å²) >= 11 is 0. The number of rotatable bonds is 3. The van der Waals surface area contributed by atoms with Crippen LogP contribution in [0.5, 0.6) is 0 Å². The minimum absolute atomic E-state index is 0.613. The van der Waals surface area contributed by atoms with E-state index in [1.807, 2.05) is 48.5 Å². The molecule has 49 heavy (non-hydrogen) atoms. The van der Waals surface area contributed by atoms with Crippen LogP contribution in [0.1, 0.15) is 0 Å². The molecule has 228 valence electrons. The van der Waals surface area contributed by atoms with Crippen LogP contribution in [0.2, 0.25) is 0 Å². The highest BCUT2D eigenvalue weighted by molar-refractivity contribution is 6.16. The van der Waals surface area contributed by atoms with Crippen molar-refractivity contribution in [1.29, 1.82) is 0 Å². The fourth-order valence-corrected chi connectivity index (χ4v) is 7.58. The molecule has 0 bridgehead atoms. The zero-order valence-electron chi connectivity index (χ0n) is 26.1. The number of hydrogen-bond donors (Lipinski definition) is 0.